The second-order valence-corrected chi connectivity index (χ2v) is 7.93. The summed E-state index contributed by atoms with van der Waals surface area (Å²) in [4.78, 5) is 24.1. The van der Waals surface area contributed by atoms with E-state index in [1.54, 1.807) is 6.07 Å². The highest BCUT2D eigenvalue weighted by Crippen LogP contribution is 2.34. The largest absolute Gasteiger partial charge is 0.447 e. The Morgan fingerprint density at radius 2 is 2.16 bits per heavy atom. The van der Waals surface area contributed by atoms with Crippen LogP contribution in [-0.2, 0) is 22.5 Å². The van der Waals surface area contributed by atoms with Crippen LogP contribution in [0.1, 0.15) is 56.8 Å². The van der Waals surface area contributed by atoms with E-state index >= 15 is 0 Å². The van der Waals surface area contributed by atoms with Gasteiger partial charge in [0.1, 0.15) is 12.6 Å². The number of aromatic amines is 1. The Balaban J connectivity index is 1.46. The van der Waals surface area contributed by atoms with Crippen LogP contribution in [0.4, 0.5) is 23.8 Å². The lowest BCUT2D eigenvalue weighted by molar-refractivity contribution is -0.142. The lowest BCUT2D eigenvalue weighted by Crippen LogP contribution is -2.35. The third kappa shape index (κ3) is 6.95. The number of carbonyl (C=O) groups is 2. The zero-order valence-electron chi connectivity index (χ0n) is 17.8. The van der Waals surface area contributed by atoms with Gasteiger partial charge in [-0.15, -0.1) is 5.10 Å². The number of nitrogens with one attached hydrogen (secondary N) is 3. The van der Waals surface area contributed by atoms with Crippen LogP contribution in [0, 0.1) is 0 Å². The van der Waals surface area contributed by atoms with E-state index in [-0.39, 0.29) is 30.2 Å². The average molecular weight is 457 g/mol. The number of nitrogens with zero attached hydrogens (tertiary/aromatic N) is 4. The van der Waals surface area contributed by atoms with Crippen LogP contribution in [0.15, 0.2) is 12.3 Å². The summed E-state index contributed by atoms with van der Waals surface area (Å²) in [5, 5.41) is 19.4. The molecule has 13 heteroatoms. The number of H-pyrrole nitrogens is 1. The number of ether oxygens (including phenoxy) is 1. The van der Waals surface area contributed by atoms with Gasteiger partial charge in [0.15, 0.2) is 5.82 Å². The van der Waals surface area contributed by atoms with Crippen molar-refractivity contribution in [1.82, 2.24) is 30.5 Å². The smallest absolute Gasteiger partial charge is 0.408 e. The molecule has 10 nitrogen and oxygen atoms in total. The molecule has 1 aliphatic rings. The minimum atomic E-state index is -4.41. The van der Waals surface area contributed by atoms with Gasteiger partial charge in [-0.3, -0.25) is 9.89 Å². The van der Waals surface area contributed by atoms with Crippen molar-refractivity contribution >= 4 is 17.8 Å². The van der Waals surface area contributed by atoms with Gasteiger partial charge in [0.2, 0.25) is 5.91 Å². The summed E-state index contributed by atoms with van der Waals surface area (Å²) in [6.07, 6.45) is -1.02. The summed E-state index contributed by atoms with van der Waals surface area (Å²) < 4.78 is 43.0. The maximum Gasteiger partial charge on any atom is 0.408 e. The molecule has 2 aromatic rings. The maximum absolute atomic E-state index is 12.4. The maximum atomic E-state index is 12.4. The van der Waals surface area contributed by atoms with E-state index in [2.05, 4.69) is 31.1 Å². The molecule has 0 bridgehead atoms. The normalized spacial score (nSPS) is 19.5. The Hall–Kier alpha value is -3.12. The highest BCUT2D eigenvalue weighted by Gasteiger charge is 2.30. The van der Waals surface area contributed by atoms with Gasteiger partial charge >= 0.3 is 12.3 Å². The number of alkyl halides is 3. The number of anilines is 1. The van der Waals surface area contributed by atoms with E-state index in [0.29, 0.717) is 16.9 Å². The van der Waals surface area contributed by atoms with Crippen molar-refractivity contribution in [1.29, 1.82) is 0 Å². The van der Waals surface area contributed by atoms with Gasteiger partial charge < -0.3 is 15.4 Å². The molecular weight excluding hydrogens is 431 g/mol. The molecular formula is C19H26F3N7O3. The summed E-state index contributed by atoms with van der Waals surface area (Å²) in [5.74, 6) is -0.0227. The number of rotatable bonds is 8. The SMILES string of the molecule is CCC(C)OC(=O)NC1CCC(c2cc(NC(=O)Cc3cn(CC(F)(F)F)nn3)n[nH]2)C1. The van der Waals surface area contributed by atoms with Gasteiger partial charge in [-0.05, 0) is 32.6 Å². The van der Waals surface area contributed by atoms with Crippen molar-refractivity contribution in [2.45, 2.75) is 76.7 Å². The molecule has 1 fully saturated rings. The molecule has 3 rings (SSSR count). The van der Waals surface area contributed by atoms with Crippen molar-refractivity contribution in [2.75, 3.05) is 5.32 Å². The lowest BCUT2D eigenvalue weighted by atomic mass is 10.0. The van der Waals surface area contributed by atoms with Crippen molar-refractivity contribution in [3.8, 4) is 0 Å². The van der Waals surface area contributed by atoms with E-state index < -0.39 is 24.7 Å². The Morgan fingerprint density at radius 1 is 1.38 bits per heavy atom. The Kier molecular flexibility index (Phi) is 7.36. The predicted octanol–water partition coefficient (Wildman–Crippen LogP) is 2.91. The highest BCUT2D eigenvalue weighted by atomic mass is 19.4. The van der Waals surface area contributed by atoms with E-state index in [9.17, 15) is 22.8 Å². The first-order valence-corrected chi connectivity index (χ1v) is 10.4. The Labute approximate surface area is 182 Å². The Morgan fingerprint density at radius 3 is 2.88 bits per heavy atom. The van der Waals surface area contributed by atoms with Crippen LogP contribution in [0.5, 0.6) is 0 Å². The number of carbonyl (C=O) groups excluding carboxylic acids is 2. The summed E-state index contributed by atoms with van der Waals surface area (Å²) in [7, 11) is 0. The highest BCUT2D eigenvalue weighted by molar-refractivity contribution is 5.91. The zero-order valence-corrected chi connectivity index (χ0v) is 17.8. The molecule has 176 valence electrons. The van der Waals surface area contributed by atoms with Crippen molar-refractivity contribution in [2.24, 2.45) is 0 Å². The number of hydrogen-bond acceptors (Lipinski definition) is 6. The van der Waals surface area contributed by atoms with E-state index in [4.69, 9.17) is 4.74 Å². The topological polar surface area (TPSA) is 127 Å². The minimum absolute atomic E-state index is 0.00259. The van der Waals surface area contributed by atoms with Crippen LogP contribution >= 0.6 is 0 Å². The molecule has 0 saturated heterocycles. The molecule has 0 aliphatic heterocycles. The quantitative estimate of drug-likeness (QED) is 0.560. The van der Waals surface area contributed by atoms with Crippen LogP contribution in [0.2, 0.25) is 0 Å². The van der Waals surface area contributed by atoms with Gasteiger partial charge in [0, 0.05) is 29.9 Å². The number of amides is 2. The second kappa shape index (κ2) is 10.0. The summed E-state index contributed by atoms with van der Waals surface area (Å²) in [5.41, 5.74) is 0.951. The molecule has 3 atom stereocenters. The molecule has 0 aromatic carbocycles. The van der Waals surface area contributed by atoms with Crippen molar-refractivity contribution in [3.63, 3.8) is 0 Å². The van der Waals surface area contributed by atoms with Crippen LogP contribution in [0.25, 0.3) is 0 Å². The predicted molar refractivity (Wildman–Crippen MR) is 107 cm³/mol. The first kappa shape index (κ1) is 23.5. The molecule has 3 N–H and O–H groups in total. The summed E-state index contributed by atoms with van der Waals surface area (Å²) in [6, 6.07) is 1.71. The van der Waals surface area contributed by atoms with Gasteiger partial charge in [-0.25, -0.2) is 9.48 Å². The van der Waals surface area contributed by atoms with E-state index in [1.807, 2.05) is 13.8 Å². The molecule has 2 aromatic heterocycles. The number of hydrogen-bond donors (Lipinski definition) is 3. The standard InChI is InChI=1S/C19H26F3N7O3/c1-3-11(2)32-18(31)23-13-5-4-12(6-13)15-8-16(27-26-15)24-17(30)7-14-9-29(28-25-14)10-19(20,21)22/h8-9,11-13H,3-7,10H2,1-2H3,(H,23,31)(H2,24,26,27,30). The average Bonchev–Trinajstić information content (AvgIpc) is 3.42. The third-order valence-electron chi connectivity index (χ3n) is 5.21. The lowest BCUT2D eigenvalue weighted by Gasteiger charge is -2.16. The Bertz CT molecular complexity index is 927. The molecule has 0 radical (unpaired) electrons. The van der Waals surface area contributed by atoms with Crippen LogP contribution in [0.3, 0.4) is 0 Å². The molecule has 1 saturated carbocycles. The second-order valence-electron chi connectivity index (χ2n) is 7.93. The molecule has 2 heterocycles. The minimum Gasteiger partial charge on any atom is -0.447 e. The number of aromatic nitrogens is 5. The summed E-state index contributed by atoms with van der Waals surface area (Å²) in [6.45, 7) is 2.51. The van der Waals surface area contributed by atoms with E-state index in [0.717, 1.165) is 31.2 Å². The molecule has 32 heavy (non-hydrogen) atoms. The molecule has 0 spiro atoms. The van der Waals surface area contributed by atoms with Crippen molar-refractivity contribution in [3.05, 3.63) is 23.7 Å². The number of alkyl carbamates (subject to hydrolysis) is 1. The zero-order chi connectivity index (χ0) is 23.3. The number of halogens is 3. The van der Waals surface area contributed by atoms with Crippen LogP contribution in [-0.4, -0.2) is 55.5 Å². The third-order valence-corrected chi connectivity index (χ3v) is 5.21. The molecule has 3 unspecified atom stereocenters. The van der Waals surface area contributed by atoms with Gasteiger partial charge in [-0.1, -0.05) is 12.1 Å². The fourth-order valence-electron chi connectivity index (χ4n) is 3.50. The molecule has 1 aliphatic carbocycles. The monoisotopic (exact) mass is 457 g/mol. The van der Waals surface area contributed by atoms with Crippen LogP contribution < -0.4 is 10.6 Å². The van der Waals surface area contributed by atoms with Gasteiger partial charge in [0.05, 0.1) is 12.1 Å². The first-order chi connectivity index (χ1) is 15.1. The summed E-state index contributed by atoms with van der Waals surface area (Å²) >= 11 is 0. The molecule has 2 amide bonds. The first-order valence-electron chi connectivity index (χ1n) is 10.4. The van der Waals surface area contributed by atoms with Crippen molar-refractivity contribution < 1.29 is 27.5 Å². The van der Waals surface area contributed by atoms with Gasteiger partial charge in [0.25, 0.3) is 0 Å². The fraction of sp³-hybridized carbons (Fsp3) is 0.632. The van der Waals surface area contributed by atoms with Gasteiger partial charge in [-0.2, -0.15) is 18.3 Å². The van der Waals surface area contributed by atoms with E-state index in [1.165, 1.54) is 0 Å². The fourth-order valence-corrected chi connectivity index (χ4v) is 3.50.